The van der Waals surface area contributed by atoms with Crippen LogP contribution in [0.1, 0.15) is 57.1 Å². The van der Waals surface area contributed by atoms with Crippen molar-refractivity contribution >= 4 is 81.9 Å². The Labute approximate surface area is 386 Å². The number of amides is 5. The average Bonchev–Trinajstić information content (AvgIpc) is 3.25. The number of fused-ring (bicyclic) bond motifs is 1. The maximum Gasteiger partial charge on any atom is 0.524 e. The van der Waals surface area contributed by atoms with Crippen molar-refractivity contribution in [3.63, 3.8) is 0 Å². The number of phosphoric acid groups is 1. The minimum Gasteiger partial charge on any atom is -0.497 e. The monoisotopic (exact) mass is 982 g/mol. The molecule has 25 heteroatoms. The van der Waals surface area contributed by atoms with Gasteiger partial charge in [-0.1, -0.05) is 54.0 Å². The molecule has 66 heavy (non-hydrogen) atoms. The van der Waals surface area contributed by atoms with Gasteiger partial charge in [0.1, 0.15) is 41.2 Å². The average molecular weight is 983 g/mol. The van der Waals surface area contributed by atoms with Crippen molar-refractivity contribution < 1.29 is 71.8 Å². The van der Waals surface area contributed by atoms with Crippen LogP contribution >= 0.6 is 29.4 Å². The summed E-state index contributed by atoms with van der Waals surface area (Å²) >= 11 is 0. The van der Waals surface area contributed by atoms with E-state index in [1.165, 1.54) is 59.0 Å². The van der Waals surface area contributed by atoms with E-state index < -0.39 is 117 Å². The van der Waals surface area contributed by atoms with Gasteiger partial charge in [-0.25, -0.2) is 9.36 Å². The Kier molecular flexibility index (Phi) is 22.5. The lowest BCUT2D eigenvalue weighted by Gasteiger charge is -2.28. The van der Waals surface area contributed by atoms with Gasteiger partial charge < -0.3 is 56.2 Å². The van der Waals surface area contributed by atoms with E-state index in [1.807, 2.05) is 0 Å². The van der Waals surface area contributed by atoms with Gasteiger partial charge >= 0.3 is 25.4 Å². The van der Waals surface area contributed by atoms with Crippen LogP contribution in [0.3, 0.4) is 0 Å². The smallest absolute Gasteiger partial charge is 0.497 e. The molecule has 3 rings (SSSR count). The Balaban J connectivity index is 1.92. The summed E-state index contributed by atoms with van der Waals surface area (Å²) in [6.07, 6.45) is -2.61. The minimum atomic E-state index is -4.93. The summed E-state index contributed by atoms with van der Waals surface area (Å²) in [7, 11) is -0.488. The lowest BCUT2D eigenvalue weighted by atomic mass is 9.97. The van der Waals surface area contributed by atoms with E-state index >= 15 is 0 Å². The SMILES string of the molecule is CC[C@H](C)[C@H](NC(=O)[C@H](CCC(=O)O)NC(=O)[C@H](CCC(=O)O)NC(=O)[C@H](Cc1ccc(OP(=O)(O)O)cc1)NC(=O)Cc1cc(=O)oc2cc(OC)ccc12)C(=O)NCCSSCCN. The molecule has 0 aliphatic heterocycles. The molecule has 0 aliphatic carbocycles. The molecule has 3 aromatic rings. The Morgan fingerprint density at radius 2 is 1.36 bits per heavy atom. The highest BCUT2D eigenvalue weighted by Crippen LogP contribution is 2.37. The van der Waals surface area contributed by atoms with E-state index in [4.69, 9.17) is 14.9 Å². The molecule has 22 nitrogen and oxygen atoms in total. The molecule has 362 valence electrons. The van der Waals surface area contributed by atoms with Crippen molar-refractivity contribution in [2.75, 3.05) is 31.7 Å². The summed E-state index contributed by atoms with van der Waals surface area (Å²) in [4.78, 5) is 123. The molecule has 11 N–H and O–H groups in total. The van der Waals surface area contributed by atoms with Crippen molar-refractivity contribution in [1.29, 1.82) is 0 Å². The van der Waals surface area contributed by atoms with Gasteiger partial charge in [0.25, 0.3) is 0 Å². The third kappa shape index (κ3) is 19.1. The Hall–Kier alpha value is -5.65. The quantitative estimate of drug-likeness (QED) is 0.0202. The third-order valence-corrected chi connectivity index (χ3v) is 12.6. The lowest BCUT2D eigenvalue weighted by molar-refractivity contribution is -0.140. The molecule has 0 fully saturated rings. The van der Waals surface area contributed by atoms with Gasteiger partial charge in [-0.05, 0) is 54.2 Å². The van der Waals surface area contributed by atoms with E-state index in [1.54, 1.807) is 26.0 Å². The molecular weight excluding hydrogens is 928 g/mol. The van der Waals surface area contributed by atoms with Gasteiger partial charge in [-0.15, -0.1) is 0 Å². The number of ether oxygens (including phenoxy) is 1. The molecule has 0 saturated heterocycles. The van der Waals surface area contributed by atoms with Crippen molar-refractivity contribution in [1.82, 2.24) is 26.6 Å². The number of nitrogens with one attached hydrogen (secondary N) is 5. The third-order valence-electron chi connectivity index (χ3n) is 9.75. The van der Waals surface area contributed by atoms with Crippen molar-refractivity contribution in [3.05, 3.63) is 70.1 Å². The maximum absolute atomic E-state index is 14.1. The fourth-order valence-corrected chi connectivity index (χ4v) is 8.40. The van der Waals surface area contributed by atoms with Gasteiger partial charge in [0.2, 0.25) is 29.5 Å². The number of phosphoric ester groups is 1. The predicted octanol–water partition coefficient (Wildman–Crippen LogP) is 1.23. The number of rotatable bonds is 29. The molecule has 0 unspecified atom stereocenters. The highest BCUT2D eigenvalue weighted by atomic mass is 33.1. The number of methoxy groups -OCH3 is 1. The first-order valence-electron chi connectivity index (χ1n) is 20.5. The highest BCUT2D eigenvalue weighted by Gasteiger charge is 2.33. The molecule has 0 aliphatic rings. The molecule has 2 aromatic carbocycles. The van der Waals surface area contributed by atoms with Crippen molar-refractivity contribution in [2.45, 2.75) is 83.0 Å². The first kappa shape index (κ1) is 54.7. The number of carboxylic acid groups (broad SMARTS) is 2. The summed E-state index contributed by atoms with van der Waals surface area (Å²) in [6, 6.07) is 4.85. The lowest BCUT2D eigenvalue weighted by Crippen LogP contribution is -2.59. The van der Waals surface area contributed by atoms with Crippen molar-refractivity contribution in [3.8, 4) is 11.5 Å². The van der Waals surface area contributed by atoms with Gasteiger partial charge in [-0.2, -0.15) is 0 Å². The van der Waals surface area contributed by atoms with E-state index in [-0.39, 0.29) is 29.9 Å². The molecule has 0 saturated carbocycles. The normalized spacial score (nSPS) is 13.5. The van der Waals surface area contributed by atoms with Crippen LogP contribution in [0.15, 0.2) is 57.7 Å². The Morgan fingerprint density at radius 1 is 0.788 bits per heavy atom. The minimum absolute atomic E-state index is 0.112. The first-order chi connectivity index (χ1) is 31.2. The number of carboxylic acids is 2. The summed E-state index contributed by atoms with van der Waals surface area (Å²) in [5, 5.41) is 32.2. The van der Waals surface area contributed by atoms with E-state index in [0.717, 1.165) is 6.07 Å². The number of aliphatic carboxylic acids is 2. The number of benzene rings is 2. The molecule has 0 bridgehead atoms. The zero-order valence-corrected chi connectivity index (χ0v) is 38.8. The second kappa shape index (κ2) is 27.1. The number of carbonyl (C=O) groups excluding carboxylic acids is 5. The number of hydrogen-bond donors (Lipinski definition) is 10. The number of carbonyl (C=O) groups is 7. The molecular formula is C41H55N6O16PS2. The molecule has 0 spiro atoms. The first-order valence-corrected chi connectivity index (χ1v) is 24.6. The predicted molar refractivity (Wildman–Crippen MR) is 243 cm³/mol. The standard InChI is InChI=1S/C41H55N6O16PS2/c1-4-23(2)37(41(57)43-16-18-66-65-17-15-42)47-39(55)30(12-14-35(51)52)45-38(54)29(11-13-34(49)50)46-40(56)31(19-24-5-7-26(8-6-24)63-64(58,59)60)44-33(48)20-25-21-36(53)62-32-22-27(61-3)9-10-28(25)32/h5-10,21-23,29-31,37H,4,11-20,42H2,1-3H3,(H,43,57)(H,44,48)(H,45,54)(H,46,56)(H,47,55)(H,49,50)(H,51,52)(H2,58,59,60)/t23-,29-,30-,31-,37-/m0/s1. The van der Waals surface area contributed by atoms with E-state index in [0.29, 0.717) is 41.2 Å². The fourth-order valence-electron chi connectivity index (χ4n) is 6.24. The largest absolute Gasteiger partial charge is 0.524 e. The number of nitrogens with two attached hydrogens (primary N) is 1. The van der Waals surface area contributed by atoms with Crippen molar-refractivity contribution in [2.24, 2.45) is 11.7 Å². The molecule has 5 atom stereocenters. The van der Waals surface area contributed by atoms with Gasteiger partial charge in [0, 0.05) is 61.4 Å². The zero-order valence-electron chi connectivity index (χ0n) is 36.3. The van der Waals surface area contributed by atoms with Crippen LogP contribution in [0, 0.1) is 5.92 Å². The second-order valence-electron chi connectivity index (χ2n) is 14.8. The van der Waals surface area contributed by atoms with E-state index in [2.05, 4.69) is 31.1 Å². The van der Waals surface area contributed by atoms with Crippen LogP contribution in [0.4, 0.5) is 0 Å². The molecule has 0 radical (unpaired) electrons. The summed E-state index contributed by atoms with van der Waals surface area (Å²) < 4.78 is 26.4. The van der Waals surface area contributed by atoms with Crippen LogP contribution in [0.25, 0.3) is 11.0 Å². The van der Waals surface area contributed by atoms with E-state index in [9.17, 15) is 62.9 Å². The van der Waals surface area contributed by atoms with Crippen LogP contribution in [-0.2, 0) is 51.0 Å². The number of hydrogen-bond acceptors (Lipinski definition) is 15. The second-order valence-corrected chi connectivity index (χ2v) is 18.6. The van der Waals surface area contributed by atoms with Gasteiger partial charge in [0.15, 0.2) is 0 Å². The van der Waals surface area contributed by atoms with Gasteiger partial charge in [-0.3, -0.25) is 43.3 Å². The summed E-state index contributed by atoms with van der Waals surface area (Å²) in [5.41, 5.74) is 5.36. The zero-order chi connectivity index (χ0) is 49.0. The van der Waals surface area contributed by atoms with Crippen LogP contribution in [0.5, 0.6) is 11.5 Å². The molecule has 1 aromatic heterocycles. The van der Waals surface area contributed by atoms with Crippen LogP contribution < -0.4 is 47.2 Å². The Morgan fingerprint density at radius 3 is 1.92 bits per heavy atom. The maximum atomic E-state index is 14.1. The van der Waals surface area contributed by atoms with Gasteiger partial charge in [0.05, 0.1) is 13.5 Å². The summed E-state index contributed by atoms with van der Waals surface area (Å²) in [5.74, 6) is -6.01. The van der Waals surface area contributed by atoms with Crippen LogP contribution in [0.2, 0.25) is 0 Å². The Bertz CT molecular complexity index is 2280. The highest BCUT2D eigenvalue weighted by molar-refractivity contribution is 8.76. The van der Waals surface area contributed by atoms with Crippen LogP contribution in [-0.4, -0.2) is 117 Å². The summed E-state index contributed by atoms with van der Waals surface area (Å²) in [6.45, 7) is 4.27. The molecule has 5 amide bonds. The fraction of sp³-hybridized carbons (Fsp3) is 0.463. The topological polar surface area (TPSA) is 352 Å². The molecule has 1 heterocycles.